The molecule has 1 aliphatic rings. The highest BCUT2D eigenvalue weighted by Gasteiger charge is 2.16. The molecule has 6 heteroatoms. The Balaban J connectivity index is 1.97. The van der Waals surface area contributed by atoms with Crippen LogP contribution >= 0.6 is 0 Å². The molecule has 0 atom stereocenters. The predicted octanol–water partition coefficient (Wildman–Crippen LogP) is 2.47. The molecule has 1 saturated carbocycles. The highest BCUT2D eigenvalue weighted by molar-refractivity contribution is 5.91. The Morgan fingerprint density at radius 2 is 1.90 bits per heavy atom. The van der Waals surface area contributed by atoms with E-state index >= 15 is 0 Å². The Labute approximate surface area is 123 Å². The monoisotopic (exact) mass is 292 g/mol. The highest BCUT2D eigenvalue weighted by atomic mass is 16.4. The first-order chi connectivity index (χ1) is 10.0. The van der Waals surface area contributed by atoms with Crippen molar-refractivity contribution in [2.45, 2.75) is 44.6 Å². The number of amides is 2. The van der Waals surface area contributed by atoms with Crippen molar-refractivity contribution in [1.82, 2.24) is 5.32 Å². The summed E-state index contributed by atoms with van der Waals surface area (Å²) in [5.41, 5.74) is 0.746. The normalized spacial score (nSPS) is 15.4. The van der Waals surface area contributed by atoms with Gasteiger partial charge in [0.15, 0.2) is 0 Å². The lowest BCUT2D eigenvalue weighted by Crippen LogP contribution is -2.39. The van der Waals surface area contributed by atoms with Gasteiger partial charge in [0.25, 0.3) is 0 Å². The van der Waals surface area contributed by atoms with Crippen LogP contribution in [0.4, 0.5) is 10.5 Å². The van der Waals surface area contributed by atoms with Gasteiger partial charge >= 0.3 is 12.0 Å². The van der Waals surface area contributed by atoms with E-state index in [1.165, 1.54) is 24.6 Å². The third-order valence-corrected chi connectivity index (χ3v) is 3.60. The van der Waals surface area contributed by atoms with E-state index in [0.717, 1.165) is 25.7 Å². The molecular weight excluding hydrogens is 272 g/mol. The van der Waals surface area contributed by atoms with Crippen LogP contribution in [0, 0.1) is 0 Å². The Bertz CT molecular complexity index is 524. The minimum Gasteiger partial charge on any atom is -0.506 e. The summed E-state index contributed by atoms with van der Waals surface area (Å²) in [5, 5.41) is 24.0. The summed E-state index contributed by atoms with van der Waals surface area (Å²) in [6.07, 6.45) is 5.22. The summed E-state index contributed by atoms with van der Waals surface area (Å²) in [6, 6.07) is 4.18. The van der Waals surface area contributed by atoms with Gasteiger partial charge in [0.1, 0.15) is 5.75 Å². The molecule has 1 aliphatic carbocycles. The molecule has 0 aliphatic heterocycles. The van der Waals surface area contributed by atoms with Crippen molar-refractivity contribution in [3.05, 3.63) is 23.8 Å². The number of carbonyl (C=O) groups excluding carboxylic acids is 1. The van der Waals surface area contributed by atoms with Crippen molar-refractivity contribution in [3.63, 3.8) is 0 Å². The zero-order valence-corrected chi connectivity index (χ0v) is 11.8. The van der Waals surface area contributed by atoms with E-state index in [0.29, 0.717) is 5.56 Å². The van der Waals surface area contributed by atoms with E-state index in [9.17, 15) is 14.7 Å². The Morgan fingerprint density at radius 1 is 1.19 bits per heavy atom. The standard InChI is InChI=1S/C15H20N2O4/c18-13-7-6-10(9-14(19)20)8-12(13)17-15(21)16-11-4-2-1-3-5-11/h6-8,11,18H,1-5,9H2,(H,19,20)(H2,16,17,21). The average molecular weight is 292 g/mol. The number of aromatic hydroxyl groups is 1. The minimum atomic E-state index is -0.960. The molecule has 1 aromatic carbocycles. The maximum Gasteiger partial charge on any atom is 0.319 e. The summed E-state index contributed by atoms with van der Waals surface area (Å²) >= 11 is 0. The highest BCUT2D eigenvalue weighted by Crippen LogP contribution is 2.25. The molecular formula is C15H20N2O4. The zero-order valence-electron chi connectivity index (χ0n) is 11.8. The van der Waals surface area contributed by atoms with Crippen LogP contribution in [0.2, 0.25) is 0 Å². The van der Waals surface area contributed by atoms with Gasteiger partial charge in [-0.15, -0.1) is 0 Å². The summed E-state index contributed by atoms with van der Waals surface area (Å²) in [5.74, 6) is -1.04. The third-order valence-electron chi connectivity index (χ3n) is 3.60. The molecule has 1 fully saturated rings. The van der Waals surface area contributed by atoms with Gasteiger partial charge in [0.05, 0.1) is 12.1 Å². The fraction of sp³-hybridized carbons (Fsp3) is 0.467. The van der Waals surface area contributed by atoms with Crippen molar-refractivity contribution in [2.24, 2.45) is 0 Å². The van der Waals surface area contributed by atoms with Crippen LogP contribution in [0.5, 0.6) is 5.75 Å². The number of aliphatic carboxylic acids is 1. The number of benzene rings is 1. The molecule has 0 bridgehead atoms. The van der Waals surface area contributed by atoms with Gasteiger partial charge in [0.2, 0.25) is 0 Å². The summed E-state index contributed by atoms with van der Waals surface area (Å²) in [7, 11) is 0. The number of nitrogens with one attached hydrogen (secondary N) is 2. The topological polar surface area (TPSA) is 98.7 Å². The van der Waals surface area contributed by atoms with Gasteiger partial charge in [0, 0.05) is 6.04 Å². The van der Waals surface area contributed by atoms with E-state index in [4.69, 9.17) is 5.11 Å². The van der Waals surface area contributed by atoms with Gasteiger partial charge < -0.3 is 20.8 Å². The van der Waals surface area contributed by atoms with Gasteiger partial charge in [-0.25, -0.2) is 4.79 Å². The van der Waals surface area contributed by atoms with Crippen LogP contribution in [0.15, 0.2) is 18.2 Å². The fourth-order valence-corrected chi connectivity index (χ4v) is 2.56. The maximum absolute atomic E-state index is 11.9. The molecule has 21 heavy (non-hydrogen) atoms. The van der Waals surface area contributed by atoms with E-state index in [-0.39, 0.29) is 29.9 Å². The van der Waals surface area contributed by atoms with Gasteiger partial charge in [-0.1, -0.05) is 25.3 Å². The maximum atomic E-state index is 11.9. The fourth-order valence-electron chi connectivity index (χ4n) is 2.56. The molecule has 0 unspecified atom stereocenters. The smallest absolute Gasteiger partial charge is 0.319 e. The first-order valence-corrected chi connectivity index (χ1v) is 7.16. The predicted molar refractivity (Wildman–Crippen MR) is 78.5 cm³/mol. The number of carboxylic acids is 1. The molecule has 114 valence electrons. The van der Waals surface area contributed by atoms with Crippen LogP contribution < -0.4 is 10.6 Å². The molecule has 2 amide bonds. The van der Waals surface area contributed by atoms with Crippen LogP contribution in [0.3, 0.4) is 0 Å². The summed E-state index contributed by atoms with van der Waals surface area (Å²) in [6.45, 7) is 0. The van der Waals surface area contributed by atoms with Crippen molar-refractivity contribution in [1.29, 1.82) is 0 Å². The first kappa shape index (κ1) is 15.2. The van der Waals surface area contributed by atoms with Crippen LogP contribution in [0.1, 0.15) is 37.7 Å². The zero-order chi connectivity index (χ0) is 15.2. The second-order valence-corrected chi connectivity index (χ2v) is 5.36. The van der Waals surface area contributed by atoms with Crippen molar-refractivity contribution >= 4 is 17.7 Å². The van der Waals surface area contributed by atoms with Gasteiger partial charge in [-0.3, -0.25) is 4.79 Å². The molecule has 6 nitrogen and oxygen atoms in total. The van der Waals surface area contributed by atoms with E-state index in [1.807, 2.05) is 0 Å². The number of carbonyl (C=O) groups is 2. The van der Waals surface area contributed by atoms with Gasteiger partial charge in [-0.2, -0.15) is 0 Å². The Morgan fingerprint density at radius 3 is 2.57 bits per heavy atom. The van der Waals surface area contributed by atoms with Crippen LogP contribution in [-0.2, 0) is 11.2 Å². The molecule has 0 heterocycles. The Hall–Kier alpha value is -2.24. The van der Waals surface area contributed by atoms with Gasteiger partial charge in [-0.05, 0) is 30.5 Å². The molecule has 1 aromatic rings. The molecule has 0 radical (unpaired) electrons. The molecule has 0 aromatic heterocycles. The lowest BCUT2D eigenvalue weighted by Gasteiger charge is -2.23. The van der Waals surface area contributed by atoms with Crippen molar-refractivity contribution in [3.8, 4) is 5.75 Å². The van der Waals surface area contributed by atoms with E-state index < -0.39 is 5.97 Å². The number of urea groups is 1. The molecule has 4 N–H and O–H groups in total. The number of rotatable bonds is 4. The number of phenols is 1. The third kappa shape index (κ3) is 4.66. The lowest BCUT2D eigenvalue weighted by molar-refractivity contribution is -0.136. The SMILES string of the molecule is O=C(O)Cc1ccc(O)c(NC(=O)NC2CCCCC2)c1. The van der Waals surface area contributed by atoms with Crippen LogP contribution in [-0.4, -0.2) is 28.3 Å². The van der Waals surface area contributed by atoms with E-state index in [2.05, 4.69) is 10.6 Å². The summed E-state index contributed by atoms with van der Waals surface area (Å²) in [4.78, 5) is 22.6. The minimum absolute atomic E-state index is 0.0806. The number of hydrogen-bond acceptors (Lipinski definition) is 3. The second kappa shape index (κ2) is 6.97. The van der Waals surface area contributed by atoms with Crippen molar-refractivity contribution < 1.29 is 19.8 Å². The van der Waals surface area contributed by atoms with E-state index in [1.54, 1.807) is 0 Å². The Kier molecular flexibility index (Phi) is 5.03. The average Bonchev–Trinajstić information content (AvgIpc) is 2.43. The first-order valence-electron chi connectivity index (χ1n) is 7.16. The molecule has 0 saturated heterocycles. The largest absolute Gasteiger partial charge is 0.506 e. The second-order valence-electron chi connectivity index (χ2n) is 5.36. The van der Waals surface area contributed by atoms with Crippen molar-refractivity contribution in [2.75, 3.05) is 5.32 Å². The number of phenolic OH excluding ortho intramolecular Hbond substituents is 1. The number of hydrogen-bond donors (Lipinski definition) is 4. The molecule has 0 spiro atoms. The number of anilines is 1. The summed E-state index contributed by atoms with van der Waals surface area (Å²) < 4.78 is 0. The van der Waals surface area contributed by atoms with Crippen LogP contribution in [0.25, 0.3) is 0 Å². The quantitative estimate of drug-likeness (QED) is 0.641. The lowest BCUT2D eigenvalue weighted by atomic mass is 9.96. The number of carboxylic acid groups (broad SMARTS) is 1. The molecule has 2 rings (SSSR count).